The molecule has 0 aromatic carbocycles. The number of hydrogen-bond donors (Lipinski definition) is 1. The van der Waals surface area contributed by atoms with Gasteiger partial charge in [0.2, 0.25) is 0 Å². The molecule has 0 spiro atoms. The number of aliphatic carboxylic acids is 1. The van der Waals surface area contributed by atoms with Crippen molar-refractivity contribution >= 4 is 17.9 Å². The van der Waals surface area contributed by atoms with Gasteiger partial charge in [-0.15, -0.1) is 0 Å². The minimum Gasteiger partial charge on any atom is -0.481 e. The van der Waals surface area contributed by atoms with Crippen LogP contribution >= 0.6 is 0 Å². The Labute approximate surface area is 137 Å². The third-order valence-electron chi connectivity index (χ3n) is 2.99. The zero-order chi connectivity index (χ0) is 17.3. The zero-order valence-corrected chi connectivity index (χ0v) is 13.9. The monoisotopic (exact) mass is 332 g/mol. The summed E-state index contributed by atoms with van der Waals surface area (Å²) in [5.74, 6) is -1.44. The first kappa shape index (κ1) is 21.4. The van der Waals surface area contributed by atoms with Gasteiger partial charge in [0, 0.05) is 19.3 Å². The van der Waals surface area contributed by atoms with E-state index in [-0.39, 0.29) is 51.2 Å². The molecule has 1 N–H and O–H groups in total. The molecular formula is C16H28O7. The number of carbonyl (C=O) groups is 3. The van der Waals surface area contributed by atoms with Crippen molar-refractivity contribution in [2.45, 2.75) is 58.3 Å². The number of esters is 2. The summed E-state index contributed by atoms with van der Waals surface area (Å²) in [4.78, 5) is 32.9. The Balaban J connectivity index is 3.30. The molecule has 0 saturated heterocycles. The first-order chi connectivity index (χ1) is 11.1. The normalized spacial score (nSPS) is 10.3. The maximum atomic E-state index is 11.3. The van der Waals surface area contributed by atoms with Crippen molar-refractivity contribution in [2.24, 2.45) is 0 Å². The van der Waals surface area contributed by atoms with Crippen LogP contribution in [0.15, 0.2) is 0 Å². The summed E-state index contributed by atoms with van der Waals surface area (Å²) in [5, 5.41) is 8.45. The zero-order valence-electron chi connectivity index (χ0n) is 13.9. The second-order valence-electron chi connectivity index (χ2n) is 5.11. The highest BCUT2D eigenvalue weighted by Gasteiger charge is 2.04. The van der Waals surface area contributed by atoms with Crippen molar-refractivity contribution in [3.05, 3.63) is 0 Å². The molecule has 0 saturated carbocycles. The van der Waals surface area contributed by atoms with E-state index in [1.165, 1.54) is 0 Å². The Hall–Kier alpha value is -1.63. The second kappa shape index (κ2) is 15.3. The highest BCUT2D eigenvalue weighted by Crippen LogP contribution is 2.02. The molecule has 0 aromatic heterocycles. The van der Waals surface area contributed by atoms with Crippen molar-refractivity contribution in [2.75, 3.05) is 26.4 Å². The van der Waals surface area contributed by atoms with E-state index in [0.717, 1.165) is 19.3 Å². The smallest absolute Gasteiger partial charge is 0.305 e. The van der Waals surface area contributed by atoms with Crippen LogP contribution < -0.4 is 0 Å². The fourth-order valence-corrected chi connectivity index (χ4v) is 1.74. The third-order valence-corrected chi connectivity index (χ3v) is 2.99. The van der Waals surface area contributed by atoms with Gasteiger partial charge in [-0.1, -0.05) is 19.8 Å². The van der Waals surface area contributed by atoms with Crippen molar-refractivity contribution in [1.82, 2.24) is 0 Å². The lowest BCUT2D eigenvalue weighted by Gasteiger charge is -2.07. The number of carboxylic acids is 1. The molecule has 0 unspecified atom stereocenters. The molecule has 0 amide bonds. The Bertz CT molecular complexity index is 341. The molecular weight excluding hydrogens is 304 g/mol. The molecule has 0 radical (unpaired) electrons. The van der Waals surface area contributed by atoms with Crippen LogP contribution in [0.25, 0.3) is 0 Å². The van der Waals surface area contributed by atoms with Crippen LogP contribution in [0.4, 0.5) is 0 Å². The van der Waals surface area contributed by atoms with E-state index in [4.69, 9.17) is 19.3 Å². The van der Waals surface area contributed by atoms with E-state index in [1.807, 2.05) is 0 Å². The molecule has 0 atom stereocenters. The lowest BCUT2D eigenvalue weighted by molar-refractivity contribution is -0.147. The van der Waals surface area contributed by atoms with Gasteiger partial charge in [0.25, 0.3) is 0 Å². The van der Waals surface area contributed by atoms with Gasteiger partial charge < -0.3 is 19.3 Å². The second-order valence-corrected chi connectivity index (χ2v) is 5.11. The summed E-state index contributed by atoms with van der Waals surface area (Å²) in [7, 11) is 0. The molecule has 0 aliphatic heterocycles. The SMILES string of the molecule is CCCCCC(=O)OCCOCCOC(=O)CCCCC(=O)O. The highest BCUT2D eigenvalue weighted by atomic mass is 16.6. The Kier molecular flexibility index (Phi) is 14.2. The van der Waals surface area contributed by atoms with E-state index in [9.17, 15) is 14.4 Å². The van der Waals surface area contributed by atoms with Gasteiger partial charge in [-0.05, 0) is 19.3 Å². The van der Waals surface area contributed by atoms with Crippen LogP contribution in [-0.2, 0) is 28.6 Å². The average molecular weight is 332 g/mol. The number of ether oxygens (including phenoxy) is 3. The summed E-state index contributed by atoms with van der Waals surface area (Å²) in [6, 6.07) is 0. The lowest BCUT2D eigenvalue weighted by atomic mass is 10.2. The van der Waals surface area contributed by atoms with Gasteiger partial charge in [0.1, 0.15) is 13.2 Å². The van der Waals surface area contributed by atoms with Crippen molar-refractivity contribution in [3.63, 3.8) is 0 Å². The Morgan fingerprint density at radius 2 is 1.22 bits per heavy atom. The molecule has 134 valence electrons. The molecule has 0 rings (SSSR count). The van der Waals surface area contributed by atoms with Gasteiger partial charge in [0.15, 0.2) is 0 Å². The van der Waals surface area contributed by atoms with Gasteiger partial charge >= 0.3 is 17.9 Å². The van der Waals surface area contributed by atoms with E-state index in [1.54, 1.807) is 0 Å². The van der Waals surface area contributed by atoms with Crippen molar-refractivity contribution < 1.29 is 33.7 Å². The number of carbonyl (C=O) groups excluding carboxylic acids is 2. The quantitative estimate of drug-likeness (QED) is 0.363. The molecule has 23 heavy (non-hydrogen) atoms. The fourth-order valence-electron chi connectivity index (χ4n) is 1.74. The molecule has 7 heteroatoms. The lowest BCUT2D eigenvalue weighted by Crippen LogP contribution is -2.14. The average Bonchev–Trinajstić information content (AvgIpc) is 2.50. The Morgan fingerprint density at radius 1 is 0.739 bits per heavy atom. The largest absolute Gasteiger partial charge is 0.481 e. The molecule has 0 fully saturated rings. The summed E-state index contributed by atoms with van der Waals surface area (Å²) in [6.45, 7) is 2.93. The van der Waals surface area contributed by atoms with Crippen LogP contribution in [0.3, 0.4) is 0 Å². The number of rotatable bonds is 15. The minimum atomic E-state index is -0.863. The molecule has 0 aromatic rings. The van der Waals surface area contributed by atoms with Gasteiger partial charge in [0.05, 0.1) is 13.2 Å². The van der Waals surface area contributed by atoms with Crippen LogP contribution in [-0.4, -0.2) is 49.4 Å². The van der Waals surface area contributed by atoms with E-state index >= 15 is 0 Å². The summed E-state index contributed by atoms with van der Waals surface area (Å²) >= 11 is 0. The highest BCUT2D eigenvalue weighted by molar-refractivity contribution is 5.70. The first-order valence-electron chi connectivity index (χ1n) is 8.17. The topological polar surface area (TPSA) is 99.1 Å². The van der Waals surface area contributed by atoms with Crippen LogP contribution in [0.2, 0.25) is 0 Å². The summed E-state index contributed by atoms with van der Waals surface area (Å²) in [6.07, 6.45) is 4.61. The minimum absolute atomic E-state index is 0.0631. The van der Waals surface area contributed by atoms with Crippen molar-refractivity contribution in [1.29, 1.82) is 0 Å². The van der Waals surface area contributed by atoms with Gasteiger partial charge in [-0.3, -0.25) is 14.4 Å². The molecule has 0 bridgehead atoms. The van der Waals surface area contributed by atoms with Gasteiger partial charge in [-0.25, -0.2) is 0 Å². The molecule has 7 nitrogen and oxygen atoms in total. The first-order valence-corrected chi connectivity index (χ1v) is 8.17. The molecule has 0 heterocycles. The van der Waals surface area contributed by atoms with E-state index in [2.05, 4.69) is 6.92 Å². The van der Waals surface area contributed by atoms with Crippen LogP contribution in [0.1, 0.15) is 58.3 Å². The van der Waals surface area contributed by atoms with E-state index in [0.29, 0.717) is 19.3 Å². The number of unbranched alkanes of at least 4 members (excludes halogenated alkanes) is 3. The van der Waals surface area contributed by atoms with Gasteiger partial charge in [-0.2, -0.15) is 0 Å². The van der Waals surface area contributed by atoms with Crippen molar-refractivity contribution in [3.8, 4) is 0 Å². The van der Waals surface area contributed by atoms with E-state index < -0.39 is 5.97 Å². The maximum Gasteiger partial charge on any atom is 0.305 e. The number of hydrogen-bond acceptors (Lipinski definition) is 6. The number of carboxylic acid groups (broad SMARTS) is 1. The Morgan fingerprint density at radius 3 is 1.70 bits per heavy atom. The summed E-state index contributed by atoms with van der Waals surface area (Å²) < 4.78 is 15.1. The maximum absolute atomic E-state index is 11.3. The summed E-state index contributed by atoms with van der Waals surface area (Å²) in [5.41, 5.74) is 0. The molecule has 0 aliphatic carbocycles. The predicted molar refractivity (Wildman–Crippen MR) is 83.0 cm³/mol. The predicted octanol–water partition coefficient (Wildman–Crippen LogP) is 2.31. The third kappa shape index (κ3) is 16.6. The fraction of sp³-hybridized carbons (Fsp3) is 0.812. The van der Waals surface area contributed by atoms with Crippen LogP contribution in [0.5, 0.6) is 0 Å². The van der Waals surface area contributed by atoms with Crippen LogP contribution in [0, 0.1) is 0 Å². The molecule has 0 aliphatic rings. The standard InChI is InChI=1S/C16H28O7/c1-2-3-4-8-15(19)22-12-10-21-11-13-23-16(20)9-6-5-7-14(17)18/h2-13H2,1H3,(H,17,18).